The number of rotatable bonds is 7. The number of thiazole rings is 1. The van der Waals surface area contributed by atoms with Crippen LogP contribution in [0.1, 0.15) is 36.4 Å². The first-order chi connectivity index (χ1) is 14.2. The molecule has 29 heavy (non-hydrogen) atoms. The third-order valence-corrected chi connectivity index (χ3v) is 6.22. The van der Waals surface area contributed by atoms with Crippen molar-refractivity contribution in [2.45, 2.75) is 39.7 Å². The maximum atomic E-state index is 12.8. The highest BCUT2D eigenvalue weighted by atomic mass is 32.1. The van der Waals surface area contributed by atoms with E-state index in [9.17, 15) is 4.79 Å². The Bertz CT molecular complexity index is 982. The van der Waals surface area contributed by atoms with Crippen LogP contribution < -0.4 is 9.47 Å². The zero-order chi connectivity index (χ0) is 20.2. The van der Waals surface area contributed by atoms with Gasteiger partial charge in [0, 0.05) is 25.9 Å². The largest absolute Gasteiger partial charge is 0.490 e. The quantitative estimate of drug-likeness (QED) is 0.571. The summed E-state index contributed by atoms with van der Waals surface area (Å²) in [5.74, 6) is 1.74. The number of carbonyl (C=O) groups is 1. The van der Waals surface area contributed by atoms with Gasteiger partial charge in [0.15, 0.2) is 11.5 Å². The minimum atomic E-state index is 0.182. The van der Waals surface area contributed by atoms with E-state index in [-0.39, 0.29) is 5.91 Å². The Morgan fingerprint density at radius 1 is 1.10 bits per heavy atom. The van der Waals surface area contributed by atoms with Crippen molar-refractivity contribution >= 4 is 27.5 Å². The second kappa shape index (κ2) is 8.82. The Hall–Kier alpha value is -2.60. The van der Waals surface area contributed by atoms with E-state index in [1.807, 2.05) is 43.0 Å². The molecule has 3 aromatic rings. The number of nitrogens with zero attached hydrogens (tertiary/aromatic N) is 2. The van der Waals surface area contributed by atoms with Crippen molar-refractivity contribution in [1.82, 2.24) is 9.88 Å². The van der Waals surface area contributed by atoms with Gasteiger partial charge in [0.2, 0.25) is 5.91 Å². The van der Waals surface area contributed by atoms with Gasteiger partial charge in [0.25, 0.3) is 0 Å². The standard InChI is InChI=1S/C23H26N2O3S/c1-3-27-19-13-16-11-12-25(15-17(16)14-20(19)28-4-2)23(26)10-9-22-24-18-7-5-6-8-21(18)29-22/h5-8,13-14H,3-4,9-12,15H2,1-2H3. The van der Waals surface area contributed by atoms with E-state index in [0.29, 0.717) is 32.6 Å². The number of carbonyl (C=O) groups excluding carboxylic acids is 1. The van der Waals surface area contributed by atoms with Crippen molar-refractivity contribution < 1.29 is 14.3 Å². The van der Waals surface area contributed by atoms with E-state index in [2.05, 4.69) is 17.1 Å². The molecule has 1 aromatic heterocycles. The average molecular weight is 411 g/mol. The number of benzene rings is 2. The molecule has 0 atom stereocenters. The van der Waals surface area contributed by atoms with Crippen LogP contribution >= 0.6 is 11.3 Å². The summed E-state index contributed by atoms with van der Waals surface area (Å²) >= 11 is 1.68. The number of fused-ring (bicyclic) bond motifs is 2. The average Bonchev–Trinajstić information content (AvgIpc) is 3.15. The van der Waals surface area contributed by atoms with Gasteiger partial charge in [-0.25, -0.2) is 4.98 Å². The molecule has 0 spiro atoms. The molecule has 0 N–H and O–H groups in total. The van der Waals surface area contributed by atoms with Crippen LogP contribution in [0.5, 0.6) is 11.5 Å². The Labute approximate surface area is 175 Å². The summed E-state index contributed by atoms with van der Waals surface area (Å²) in [5.41, 5.74) is 3.41. The second-order valence-corrected chi connectivity index (χ2v) is 8.19. The number of aromatic nitrogens is 1. The van der Waals surface area contributed by atoms with E-state index < -0.39 is 0 Å². The van der Waals surface area contributed by atoms with Gasteiger partial charge in [-0.15, -0.1) is 11.3 Å². The molecule has 0 radical (unpaired) electrons. The van der Waals surface area contributed by atoms with Crippen molar-refractivity contribution in [2.24, 2.45) is 0 Å². The Morgan fingerprint density at radius 3 is 2.55 bits per heavy atom. The van der Waals surface area contributed by atoms with Crippen molar-refractivity contribution in [2.75, 3.05) is 19.8 Å². The molecule has 0 saturated carbocycles. The second-order valence-electron chi connectivity index (χ2n) is 7.07. The molecule has 0 fully saturated rings. The first kappa shape index (κ1) is 19.7. The van der Waals surface area contributed by atoms with E-state index in [1.165, 1.54) is 10.3 Å². The molecule has 1 aliphatic rings. The fourth-order valence-electron chi connectivity index (χ4n) is 3.71. The lowest BCUT2D eigenvalue weighted by atomic mass is 9.98. The maximum Gasteiger partial charge on any atom is 0.223 e. The van der Waals surface area contributed by atoms with Gasteiger partial charge < -0.3 is 14.4 Å². The highest BCUT2D eigenvalue weighted by molar-refractivity contribution is 7.18. The van der Waals surface area contributed by atoms with Crippen molar-refractivity contribution in [1.29, 1.82) is 0 Å². The van der Waals surface area contributed by atoms with Crippen LogP contribution in [0.15, 0.2) is 36.4 Å². The summed E-state index contributed by atoms with van der Waals surface area (Å²) in [6, 6.07) is 12.2. The van der Waals surface area contributed by atoms with Gasteiger partial charge in [-0.05, 0) is 55.7 Å². The van der Waals surface area contributed by atoms with Crippen LogP contribution in [0.3, 0.4) is 0 Å². The van der Waals surface area contributed by atoms with Crippen molar-refractivity contribution in [3.05, 3.63) is 52.5 Å². The number of ether oxygens (including phenoxy) is 2. The maximum absolute atomic E-state index is 12.8. The first-order valence-electron chi connectivity index (χ1n) is 10.2. The molecular weight excluding hydrogens is 384 g/mol. The summed E-state index contributed by atoms with van der Waals surface area (Å²) in [4.78, 5) is 19.4. The van der Waals surface area contributed by atoms with Gasteiger partial charge in [-0.3, -0.25) is 4.79 Å². The van der Waals surface area contributed by atoms with Crippen LogP contribution in [0.2, 0.25) is 0 Å². The molecule has 0 saturated heterocycles. The van der Waals surface area contributed by atoms with Crippen LogP contribution in [0, 0.1) is 0 Å². The van der Waals surface area contributed by atoms with Gasteiger partial charge >= 0.3 is 0 Å². The highest BCUT2D eigenvalue weighted by Gasteiger charge is 2.23. The van der Waals surface area contributed by atoms with Gasteiger partial charge in [0.05, 0.1) is 28.4 Å². The molecule has 4 rings (SSSR count). The normalized spacial score (nSPS) is 13.4. The van der Waals surface area contributed by atoms with Gasteiger partial charge in [0.1, 0.15) is 0 Å². The Kier molecular flexibility index (Phi) is 6.00. The summed E-state index contributed by atoms with van der Waals surface area (Å²) in [5, 5.41) is 1.02. The lowest BCUT2D eigenvalue weighted by Gasteiger charge is -2.30. The molecule has 6 heteroatoms. The van der Waals surface area contributed by atoms with Crippen LogP contribution in [-0.2, 0) is 24.2 Å². The van der Waals surface area contributed by atoms with Gasteiger partial charge in [-0.2, -0.15) is 0 Å². The molecule has 0 unspecified atom stereocenters. The first-order valence-corrected chi connectivity index (χ1v) is 11.0. The highest BCUT2D eigenvalue weighted by Crippen LogP contribution is 2.34. The molecule has 2 heterocycles. The molecular formula is C23H26N2O3S. The summed E-state index contributed by atoms with van der Waals surface area (Å²) in [7, 11) is 0. The topological polar surface area (TPSA) is 51.7 Å². The third-order valence-electron chi connectivity index (χ3n) is 5.12. The minimum Gasteiger partial charge on any atom is -0.490 e. The molecule has 1 aliphatic heterocycles. The molecule has 152 valence electrons. The lowest BCUT2D eigenvalue weighted by molar-refractivity contribution is -0.132. The molecule has 2 aromatic carbocycles. The monoisotopic (exact) mass is 410 g/mol. The number of hydrogen-bond donors (Lipinski definition) is 0. The van der Waals surface area contributed by atoms with Crippen molar-refractivity contribution in [3.63, 3.8) is 0 Å². The smallest absolute Gasteiger partial charge is 0.223 e. The molecule has 5 nitrogen and oxygen atoms in total. The van der Waals surface area contributed by atoms with E-state index >= 15 is 0 Å². The van der Waals surface area contributed by atoms with Crippen LogP contribution in [-0.4, -0.2) is 35.5 Å². The minimum absolute atomic E-state index is 0.182. The van der Waals surface area contributed by atoms with E-state index in [4.69, 9.17) is 9.47 Å². The molecule has 0 aliphatic carbocycles. The van der Waals surface area contributed by atoms with Gasteiger partial charge in [-0.1, -0.05) is 12.1 Å². The van der Waals surface area contributed by atoms with E-state index in [1.54, 1.807) is 11.3 Å². The number of para-hydroxylation sites is 1. The Balaban J connectivity index is 1.43. The number of hydrogen-bond acceptors (Lipinski definition) is 5. The Morgan fingerprint density at radius 2 is 1.83 bits per heavy atom. The van der Waals surface area contributed by atoms with Crippen molar-refractivity contribution in [3.8, 4) is 11.5 Å². The predicted molar refractivity (Wildman–Crippen MR) is 116 cm³/mol. The summed E-state index contributed by atoms with van der Waals surface area (Å²) < 4.78 is 12.7. The predicted octanol–water partition coefficient (Wildman–Crippen LogP) is 4.61. The fraction of sp³-hybridized carbons (Fsp3) is 0.391. The number of aryl methyl sites for hydroxylation is 1. The van der Waals surface area contributed by atoms with Crippen LogP contribution in [0.25, 0.3) is 10.2 Å². The number of amides is 1. The fourth-order valence-corrected chi connectivity index (χ4v) is 4.68. The lowest BCUT2D eigenvalue weighted by Crippen LogP contribution is -2.36. The summed E-state index contributed by atoms with van der Waals surface area (Å²) in [6.45, 7) is 6.50. The zero-order valence-electron chi connectivity index (χ0n) is 16.9. The zero-order valence-corrected chi connectivity index (χ0v) is 17.8. The van der Waals surface area contributed by atoms with Crippen LogP contribution in [0.4, 0.5) is 0 Å². The molecule has 1 amide bonds. The molecule has 0 bridgehead atoms. The third kappa shape index (κ3) is 4.37. The van der Waals surface area contributed by atoms with E-state index in [0.717, 1.165) is 40.6 Å². The SMILES string of the molecule is CCOc1cc2c(cc1OCC)CN(C(=O)CCc1nc3ccccc3s1)CC2. The summed E-state index contributed by atoms with van der Waals surface area (Å²) in [6.07, 6.45) is 2.02.